The SMILES string of the molecule is COc1ccc(NC(=O)CN2CCN(Cc3c(Cl)cccc3Cl)CC2)cc1. The van der Waals surface area contributed by atoms with Crippen LogP contribution < -0.4 is 10.1 Å². The van der Waals surface area contributed by atoms with Crippen LogP contribution in [0.1, 0.15) is 5.56 Å². The molecule has 0 bridgehead atoms. The van der Waals surface area contributed by atoms with Gasteiger partial charge in [0.05, 0.1) is 13.7 Å². The Morgan fingerprint density at radius 3 is 2.19 bits per heavy atom. The molecule has 5 nitrogen and oxygen atoms in total. The molecule has 0 unspecified atom stereocenters. The van der Waals surface area contributed by atoms with Gasteiger partial charge in [0.15, 0.2) is 0 Å². The summed E-state index contributed by atoms with van der Waals surface area (Å²) in [5.41, 5.74) is 1.74. The summed E-state index contributed by atoms with van der Waals surface area (Å²) < 4.78 is 5.12. The number of anilines is 1. The highest BCUT2D eigenvalue weighted by Gasteiger charge is 2.20. The van der Waals surface area contributed by atoms with Crippen LogP contribution in [0, 0.1) is 0 Å². The standard InChI is InChI=1S/C20H23Cl2N3O2/c1-27-16-7-5-15(6-8-16)23-20(26)14-25-11-9-24(10-12-25)13-17-18(21)3-2-4-19(17)22/h2-8H,9-14H2,1H3,(H,23,26). The summed E-state index contributed by atoms with van der Waals surface area (Å²) in [6.45, 7) is 4.52. The lowest BCUT2D eigenvalue weighted by Crippen LogP contribution is -2.48. The minimum Gasteiger partial charge on any atom is -0.497 e. The topological polar surface area (TPSA) is 44.8 Å². The van der Waals surface area contributed by atoms with Crippen LogP contribution in [0.2, 0.25) is 10.0 Å². The second-order valence-electron chi connectivity index (χ2n) is 6.53. The number of halogens is 2. The van der Waals surface area contributed by atoms with Crippen LogP contribution in [0.4, 0.5) is 5.69 Å². The minimum absolute atomic E-state index is 0.0113. The number of methoxy groups -OCH3 is 1. The van der Waals surface area contributed by atoms with Gasteiger partial charge in [0.25, 0.3) is 0 Å². The summed E-state index contributed by atoms with van der Waals surface area (Å²) in [6.07, 6.45) is 0. The zero-order valence-corrected chi connectivity index (χ0v) is 16.8. The lowest BCUT2D eigenvalue weighted by molar-refractivity contribution is -0.117. The Bertz CT molecular complexity index is 755. The Labute approximate surface area is 169 Å². The van der Waals surface area contributed by atoms with Gasteiger partial charge in [-0.2, -0.15) is 0 Å². The molecule has 144 valence electrons. The van der Waals surface area contributed by atoms with Crippen molar-refractivity contribution >= 4 is 34.8 Å². The molecule has 1 amide bonds. The van der Waals surface area contributed by atoms with Gasteiger partial charge in [-0.1, -0.05) is 29.3 Å². The van der Waals surface area contributed by atoms with Crippen molar-refractivity contribution in [3.63, 3.8) is 0 Å². The van der Waals surface area contributed by atoms with Crippen molar-refractivity contribution in [2.24, 2.45) is 0 Å². The van der Waals surface area contributed by atoms with Gasteiger partial charge in [0, 0.05) is 54.0 Å². The number of amides is 1. The molecule has 2 aromatic rings. The molecule has 0 saturated carbocycles. The van der Waals surface area contributed by atoms with Crippen LogP contribution in [0.15, 0.2) is 42.5 Å². The molecular weight excluding hydrogens is 385 g/mol. The van der Waals surface area contributed by atoms with E-state index in [0.29, 0.717) is 16.6 Å². The number of carbonyl (C=O) groups is 1. The van der Waals surface area contributed by atoms with Crippen LogP contribution in [0.3, 0.4) is 0 Å². The minimum atomic E-state index is -0.0113. The molecule has 0 spiro atoms. The molecule has 0 aliphatic carbocycles. The number of rotatable bonds is 6. The molecule has 27 heavy (non-hydrogen) atoms. The molecular formula is C20H23Cl2N3O2. The molecule has 3 rings (SSSR count). The Morgan fingerprint density at radius 2 is 1.59 bits per heavy atom. The van der Waals surface area contributed by atoms with Crippen LogP contribution in [-0.2, 0) is 11.3 Å². The fourth-order valence-corrected chi connectivity index (χ4v) is 3.61. The van der Waals surface area contributed by atoms with Gasteiger partial charge < -0.3 is 10.1 Å². The zero-order valence-electron chi connectivity index (χ0n) is 15.3. The molecule has 0 aromatic heterocycles. The van der Waals surface area contributed by atoms with Gasteiger partial charge in [-0.15, -0.1) is 0 Å². The highest BCUT2D eigenvalue weighted by molar-refractivity contribution is 6.35. The number of benzene rings is 2. The van der Waals surface area contributed by atoms with E-state index >= 15 is 0 Å². The highest BCUT2D eigenvalue weighted by Crippen LogP contribution is 2.26. The highest BCUT2D eigenvalue weighted by atomic mass is 35.5. The molecule has 7 heteroatoms. The number of carbonyl (C=O) groups excluding carboxylic acids is 1. The summed E-state index contributed by atoms with van der Waals surface area (Å²) in [5.74, 6) is 0.755. The average Bonchev–Trinajstić information content (AvgIpc) is 2.67. The van der Waals surface area contributed by atoms with E-state index in [0.717, 1.165) is 49.7 Å². The predicted octanol–water partition coefficient (Wildman–Crippen LogP) is 3.76. The molecule has 1 aliphatic heterocycles. The van der Waals surface area contributed by atoms with Gasteiger partial charge in [0.2, 0.25) is 5.91 Å². The Kier molecular flexibility index (Phi) is 6.96. The van der Waals surface area contributed by atoms with Crippen molar-refractivity contribution in [1.29, 1.82) is 0 Å². The van der Waals surface area contributed by atoms with E-state index in [2.05, 4.69) is 15.1 Å². The fourth-order valence-electron chi connectivity index (χ4n) is 3.09. The average molecular weight is 408 g/mol. The number of hydrogen-bond donors (Lipinski definition) is 1. The van der Waals surface area contributed by atoms with Crippen molar-refractivity contribution in [1.82, 2.24) is 9.80 Å². The number of piperazine rings is 1. The largest absolute Gasteiger partial charge is 0.497 e. The van der Waals surface area contributed by atoms with E-state index in [4.69, 9.17) is 27.9 Å². The first-order valence-corrected chi connectivity index (χ1v) is 9.62. The maximum Gasteiger partial charge on any atom is 0.238 e. The van der Waals surface area contributed by atoms with Crippen molar-refractivity contribution in [3.05, 3.63) is 58.1 Å². The molecule has 0 atom stereocenters. The lowest BCUT2D eigenvalue weighted by Gasteiger charge is -2.34. The van der Waals surface area contributed by atoms with E-state index in [-0.39, 0.29) is 5.91 Å². The van der Waals surface area contributed by atoms with E-state index < -0.39 is 0 Å². The van der Waals surface area contributed by atoms with Gasteiger partial charge in [-0.25, -0.2) is 0 Å². The summed E-state index contributed by atoms with van der Waals surface area (Å²) in [5, 5.41) is 4.32. The van der Waals surface area contributed by atoms with Gasteiger partial charge in [-0.05, 0) is 36.4 Å². The predicted molar refractivity (Wildman–Crippen MR) is 110 cm³/mol. The number of ether oxygens (including phenoxy) is 1. The normalized spacial score (nSPS) is 15.5. The third kappa shape index (κ3) is 5.59. The van der Waals surface area contributed by atoms with E-state index in [9.17, 15) is 4.79 Å². The van der Waals surface area contributed by atoms with Crippen molar-refractivity contribution in [2.75, 3.05) is 45.2 Å². The van der Waals surface area contributed by atoms with E-state index in [1.807, 2.05) is 42.5 Å². The molecule has 1 aliphatic rings. The summed E-state index contributed by atoms with van der Waals surface area (Å²) in [4.78, 5) is 16.7. The number of nitrogens with zero attached hydrogens (tertiary/aromatic N) is 2. The van der Waals surface area contributed by atoms with Crippen molar-refractivity contribution in [3.8, 4) is 5.75 Å². The van der Waals surface area contributed by atoms with E-state index in [1.165, 1.54) is 0 Å². The summed E-state index contributed by atoms with van der Waals surface area (Å²) in [6, 6.07) is 12.9. The van der Waals surface area contributed by atoms with Crippen LogP contribution in [-0.4, -0.2) is 55.5 Å². The fraction of sp³-hybridized carbons (Fsp3) is 0.350. The molecule has 1 saturated heterocycles. The van der Waals surface area contributed by atoms with Crippen LogP contribution >= 0.6 is 23.2 Å². The number of nitrogens with one attached hydrogen (secondary N) is 1. The number of hydrogen-bond acceptors (Lipinski definition) is 4. The van der Waals surface area contributed by atoms with E-state index in [1.54, 1.807) is 7.11 Å². The van der Waals surface area contributed by atoms with Crippen LogP contribution in [0.25, 0.3) is 0 Å². The Hall–Kier alpha value is -1.79. The first-order valence-electron chi connectivity index (χ1n) is 8.86. The second kappa shape index (κ2) is 9.42. The molecule has 1 N–H and O–H groups in total. The zero-order chi connectivity index (χ0) is 19.2. The van der Waals surface area contributed by atoms with Gasteiger partial charge >= 0.3 is 0 Å². The summed E-state index contributed by atoms with van der Waals surface area (Å²) >= 11 is 12.5. The van der Waals surface area contributed by atoms with Gasteiger partial charge in [-0.3, -0.25) is 14.6 Å². The second-order valence-corrected chi connectivity index (χ2v) is 7.34. The Balaban J connectivity index is 1.45. The van der Waals surface area contributed by atoms with Crippen molar-refractivity contribution < 1.29 is 9.53 Å². The monoisotopic (exact) mass is 407 g/mol. The lowest BCUT2D eigenvalue weighted by atomic mass is 10.2. The first kappa shape index (κ1) is 20.0. The molecule has 1 heterocycles. The molecule has 2 aromatic carbocycles. The maximum atomic E-state index is 12.3. The smallest absolute Gasteiger partial charge is 0.238 e. The molecule has 1 fully saturated rings. The van der Waals surface area contributed by atoms with Gasteiger partial charge in [0.1, 0.15) is 5.75 Å². The maximum absolute atomic E-state index is 12.3. The first-order chi connectivity index (χ1) is 13.0. The quantitative estimate of drug-likeness (QED) is 0.791. The Morgan fingerprint density at radius 1 is 1.00 bits per heavy atom. The molecule has 0 radical (unpaired) electrons. The third-order valence-corrected chi connectivity index (χ3v) is 5.36. The summed E-state index contributed by atoms with van der Waals surface area (Å²) in [7, 11) is 1.62. The third-order valence-electron chi connectivity index (χ3n) is 4.65. The van der Waals surface area contributed by atoms with Crippen molar-refractivity contribution in [2.45, 2.75) is 6.54 Å². The van der Waals surface area contributed by atoms with Crippen LogP contribution in [0.5, 0.6) is 5.75 Å².